The number of hydrogen-bond acceptors (Lipinski definition) is 4. The Labute approximate surface area is 186 Å². The molecule has 3 heterocycles. The van der Waals surface area contributed by atoms with Crippen LogP contribution in [0, 0.1) is 5.82 Å². The molecular formula is C24H27FN4O3. The number of piperazine rings is 1. The summed E-state index contributed by atoms with van der Waals surface area (Å²) in [5.74, 6) is -0.288. The first kappa shape index (κ1) is 20.9. The number of urea groups is 1. The molecule has 0 saturated carbocycles. The molecule has 1 atom stereocenters. The second kappa shape index (κ2) is 8.52. The average Bonchev–Trinajstić information content (AvgIpc) is 3.04. The minimum Gasteiger partial charge on any atom is -0.381 e. The molecule has 168 valence electrons. The highest BCUT2D eigenvalue weighted by Crippen LogP contribution is 2.42. The van der Waals surface area contributed by atoms with Crippen molar-refractivity contribution in [2.45, 2.75) is 31.1 Å². The molecular weight excluding hydrogens is 411 g/mol. The topological polar surface area (TPSA) is 65.1 Å². The fraction of sp³-hybridized carbons (Fsp3) is 0.417. The molecule has 3 fully saturated rings. The van der Waals surface area contributed by atoms with E-state index in [9.17, 15) is 14.0 Å². The van der Waals surface area contributed by atoms with Gasteiger partial charge in [-0.2, -0.15) is 0 Å². The van der Waals surface area contributed by atoms with E-state index in [2.05, 4.69) is 10.2 Å². The molecule has 0 unspecified atom stereocenters. The second-order valence-electron chi connectivity index (χ2n) is 8.60. The Morgan fingerprint density at radius 3 is 2.50 bits per heavy atom. The molecule has 32 heavy (non-hydrogen) atoms. The third kappa shape index (κ3) is 3.73. The van der Waals surface area contributed by atoms with Crippen LogP contribution in [0.3, 0.4) is 0 Å². The van der Waals surface area contributed by atoms with Gasteiger partial charge in [0.1, 0.15) is 17.5 Å². The SMILES string of the molecule is O=C(Nc1ccc(F)cc1)N1CCN2[C@H](C1)C(=O)N(Cc1ccccc1)C21CCOCC1. The summed E-state index contributed by atoms with van der Waals surface area (Å²) < 4.78 is 18.8. The van der Waals surface area contributed by atoms with Crippen molar-refractivity contribution < 1.29 is 18.7 Å². The summed E-state index contributed by atoms with van der Waals surface area (Å²) in [6, 6.07) is 15.1. The van der Waals surface area contributed by atoms with E-state index in [-0.39, 0.29) is 29.5 Å². The van der Waals surface area contributed by atoms with Crippen LogP contribution in [0.15, 0.2) is 54.6 Å². The molecule has 2 aromatic rings. The Balaban J connectivity index is 1.35. The van der Waals surface area contributed by atoms with E-state index >= 15 is 0 Å². The van der Waals surface area contributed by atoms with Crippen LogP contribution in [0.25, 0.3) is 0 Å². The highest BCUT2D eigenvalue weighted by molar-refractivity contribution is 5.91. The monoisotopic (exact) mass is 438 g/mol. The lowest BCUT2D eigenvalue weighted by atomic mass is 9.96. The lowest BCUT2D eigenvalue weighted by Gasteiger charge is -2.49. The van der Waals surface area contributed by atoms with E-state index in [1.54, 1.807) is 4.90 Å². The van der Waals surface area contributed by atoms with Crippen LogP contribution >= 0.6 is 0 Å². The number of carbonyl (C=O) groups excluding carboxylic acids is 2. The van der Waals surface area contributed by atoms with Crippen LogP contribution in [0.1, 0.15) is 18.4 Å². The molecule has 8 heteroatoms. The first-order chi connectivity index (χ1) is 15.6. The summed E-state index contributed by atoms with van der Waals surface area (Å²) in [7, 11) is 0. The molecule has 3 amide bonds. The second-order valence-corrected chi connectivity index (χ2v) is 8.60. The standard InChI is InChI=1S/C24H27FN4O3/c25-19-6-8-20(9-7-19)26-23(31)27-12-13-28-21(17-27)22(30)29(16-18-4-2-1-3-5-18)24(28)10-14-32-15-11-24/h1-9,21H,10-17H2,(H,26,31)/t21-/m1/s1. The third-order valence-corrected chi connectivity index (χ3v) is 6.83. The van der Waals surface area contributed by atoms with Gasteiger partial charge in [0.05, 0.1) is 13.2 Å². The van der Waals surface area contributed by atoms with Crippen molar-refractivity contribution in [2.75, 3.05) is 38.2 Å². The van der Waals surface area contributed by atoms with Crippen LogP contribution in [-0.4, -0.2) is 71.2 Å². The number of fused-ring (bicyclic) bond motifs is 2. The number of ether oxygens (including phenoxy) is 1. The first-order valence-electron chi connectivity index (χ1n) is 11.1. The molecule has 2 aromatic carbocycles. The molecule has 0 bridgehead atoms. The highest BCUT2D eigenvalue weighted by atomic mass is 19.1. The minimum absolute atomic E-state index is 0.0648. The molecule has 3 aliphatic heterocycles. The number of nitrogens with zero attached hydrogens (tertiary/aromatic N) is 3. The van der Waals surface area contributed by atoms with Gasteiger partial charge in [0.2, 0.25) is 5.91 Å². The Morgan fingerprint density at radius 2 is 1.78 bits per heavy atom. The van der Waals surface area contributed by atoms with E-state index in [0.717, 1.165) is 18.4 Å². The Kier molecular flexibility index (Phi) is 5.57. The summed E-state index contributed by atoms with van der Waals surface area (Å²) >= 11 is 0. The van der Waals surface area contributed by atoms with Crippen molar-refractivity contribution in [3.8, 4) is 0 Å². The summed E-state index contributed by atoms with van der Waals surface area (Å²) in [4.78, 5) is 32.5. The lowest BCUT2D eigenvalue weighted by molar-refractivity contribution is -0.137. The molecule has 7 nitrogen and oxygen atoms in total. The maximum atomic E-state index is 13.6. The molecule has 5 rings (SSSR count). The van der Waals surface area contributed by atoms with Gasteiger partial charge in [-0.1, -0.05) is 30.3 Å². The van der Waals surface area contributed by atoms with Gasteiger partial charge in [0.15, 0.2) is 0 Å². The fourth-order valence-corrected chi connectivity index (χ4v) is 5.20. The van der Waals surface area contributed by atoms with Crippen LogP contribution in [-0.2, 0) is 16.1 Å². The minimum atomic E-state index is -0.371. The van der Waals surface area contributed by atoms with Crippen molar-refractivity contribution in [1.82, 2.24) is 14.7 Å². The van der Waals surface area contributed by atoms with Crippen LogP contribution in [0.5, 0.6) is 0 Å². The van der Waals surface area contributed by atoms with Crippen molar-refractivity contribution in [3.05, 3.63) is 66.0 Å². The van der Waals surface area contributed by atoms with E-state index in [1.807, 2.05) is 35.2 Å². The van der Waals surface area contributed by atoms with E-state index in [4.69, 9.17) is 4.74 Å². The molecule has 3 aliphatic rings. The van der Waals surface area contributed by atoms with Crippen molar-refractivity contribution in [2.24, 2.45) is 0 Å². The predicted octanol–water partition coefficient (Wildman–Crippen LogP) is 2.89. The van der Waals surface area contributed by atoms with Crippen LogP contribution in [0.4, 0.5) is 14.9 Å². The molecule has 1 N–H and O–H groups in total. The number of amides is 3. The summed E-state index contributed by atoms with van der Waals surface area (Å²) in [5.41, 5.74) is 1.26. The normalized spacial score (nSPS) is 22.8. The fourth-order valence-electron chi connectivity index (χ4n) is 5.20. The number of halogens is 1. The first-order valence-corrected chi connectivity index (χ1v) is 11.1. The van der Waals surface area contributed by atoms with Crippen molar-refractivity contribution in [1.29, 1.82) is 0 Å². The summed E-state index contributed by atoms with van der Waals surface area (Å²) in [6.07, 6.45) is 1.54. The number of rotatable bonds is 3. The van der Waals surface area contributed by atoms with Gasteiger partial charge in [-0.05, 0) is 29.8 Å². The zero-order valence-electron chi connectivity index (χ0n) is 17.9. The van der Waals surface area contributed by atoms with Gasteiger partial charge in [-0.3, -0.25) is 9.69 Å². The summed E-state index contributed by atoms with van der Waals surface area (Å²) in [6.45, 7) is 3.28. The largest absolute Gasteiger partial charge is 0.381 e. The van der Waals surface area contributed by atoms with Crippen LogP contribution in [0.2, 0.25) is 0 Å². The molecule has 0 aliphatic carbocycles. The Morgan fingerprint density at radius 1 is 1.06 bits per heavy atom. The van der Waals surface area contributed by atoms with Gasteiger partial charge in [-0.15, -0.1) is 0 Å². The van der Waals surface area contributed by atoms with Gasteiger partial charge >= 0.3 is 6.03 Å². The average molecular weight is 439 g/mol. The number of nitrogens with one attached hydrogen (secondary N) is 1. The van der Waals surface area contributed by atoms with Crippen molar-refractivity contribution in [3.63, 3.8) is 0 Å². The zero-order valence-corrected chi connectivity index (χ0v) is 17.9. The van der Waals surface area contributed by atoms with Crippen molar-refractivity contribution >= 4 is 17.6 Å². The third-order valence-electron chi connectivity index (χ3n) is 6.83. The number of carbonyl (C=O) groups is 2. The smallest absolute Gasteiger partial charge is 0.321 e. The Bertz CT molecular complexity index is 978. The highest BCUT2D eigenvalue weighted by Gasteiger charge is 2.58. The van der Waals surface area contributed by atoms with Gasteiger partial charge in [-0.25, -0.2) is 9.18 Å². The van der Waals surface area contributed by atoms with E-state index in [0.29, 0.717) is 45.1 Å². The zero-order chi connectivity index (χ0) is 22.1. The molecule has 1 spiro atoms. The quantitative estimate of drug-likeness (QED) is 0.801. The maximum Gasteiger partial charge on any atom is 0.321 e. The Hall–Kier alpha value is -2.97. The number of hydrogen-bond donors (Lipinski definition) is 1. The number of anilines is 1. The number of benzene rings is 2. The lowest BCUT2D eigenvalue weighted by Crippen LogP contribution is -2.62. The maximum absolute atomic E-state index is 13.6. The van der Waals surface area contributed by atoms with Gasteiger partial charge in [0.25, 0.3) is 0 Å². The molecule has 0 radical (unpaired) electrons. The van der Waals surface area contributed by atoms with E-state index < -0.39 is 0 Å². The van der Waals surface area contributed by atoms with E-state index in [1.165, 1.54) is 24.3 Å². The predicted molar refractivity (Wildman–Crippen MR) is 117 cm³/mol. The van der Waals surface area contributed by atoms with Gasteiger partial charge in [0, 0.05) is 44.7 Å². The van der Waals surface area contributed by atoms with Crippen LogP contribution < -0.4 is 5.32 Å². The molecule has 3 saturated heterocycles. The molecule has 0 aromatic heterocycles. The van der Waals surface area contributed by atoms with Gasteiger partial charge < -0.3 is 19.9 Å². The summed E-state index contributed by atoms with van der Waals surface area (Å²) in [5, 5.41) is 2.81.